The van der Waals surface area contributed by atoms with E-state index in [4.69, 9.17) is 25.1 Å². The number of carboxylic acid groups (broad SMARTS) is 2. The van der Waals surface area contributed by atoms with Gasteiger partial charge in [-0.05, 0) is 37.0 Å². The number of carbonyl (C=O) groups excluding carboxylic acids is 1. The minimum absolute atomic E-state index is 0.0311. The zero-order valence-electron chi connectivity index (χ0n) is 17.6. The van der Waals surface area contributed by atoms with E-state index in [-0.39, 0.29) is 36.7 Å². The summed E-state index contributed by atoms with van der Waals surface area (Å²) in [6.45, 7) is 0. The molecule has 2 fully saturated rings. The van der Waals surface area contributed by atoms with E-state index >= 15 is 0 Å². The van der Waals surface area contributed by atoms with Crippen molar-refractivity contribution < 1.29 is 44.1 Å². The highest BCUT2D eigenvalue weighted by atomic mass is 32.2. The lowest BCUT2D eigenvalue weighted by Gasteiger charge is -2.16. The molecule has 4 atom stereocenters. The Balaban J connectivity index is 0.000000234. The molecule has 2 saturated heterocycles. The molecule has 0 spiro atoms. The first-order valence-corrected chi connectivity index (χ1v) is 12.8. The zero-order valence-corrected chi connectivity index (χ0v) is 19.3. The summed E-state index contributed by atoms with van der Waals surface area (Å²) >= 11 is 1.87. The van der Waals surface area contributed by atoms with Crippen molar-refractivity contribution in [2.75, 3.05) is 5.75 Å². The van der Waals surface area contributed by atoms with Crippen LogP contribution in [0, 0.1) is 0 Å². The molecular formula is C19H28N3O9PS. The number of rotatable bonds is 10. The zero-order chi connectivity index (χ0) is 24.6. The molecule has 2 aliphatic rings. The molecule has 33 heavy (non-hydrogen) atoms. The number of benzene rings is 1. The first-order valence-electron chi connectivity index (χ1n) is 10.2. The van der Waals surface area contributed by atoms with E-state index in [1.54, 1.807) is 5.09 Å². The fourth-order valence-electron chi connectivity index (χ4n) is 3.52. The lowest BCUT2D eigenvalue weighted by molar-refractivity contribution is -0.139. The van der Waals surface area contributed by atoms with E-state index in [9.17, 15) is 18.9 Å². The maximum atomic E-state index is 11.1. The Hall–Kier alpha value is -2.31. The molecule has 0 aromatic heterocycles. The number of urea groups is 1. The van der Waals surface area contributed by atoms with Gasteiger partial charge in [-0.1, -0.05) is 18.6 Å². The summed E-state index contributed by atoms with van der Waals surface area (Å²) in [7, 11) is -4.60. The third-order valence-corrected chi connectivity index (χ3v) is 7.22. The van der Waals surface area contributed by atoms with Gasteiger partial charge in [-0.25, -0.2) is 14.4 Å². The van der Waals surface area contributed by atoms with E-state index < -0.39 is 25.7 Å². The van der Waals surface area contributed by atoms with Crippen LogP contribution in [-0.2, 0) is 20.6 Å². The van der Waals surface area contributed by atoms with Gasteiger partial charge in [0.2, 0.25) is 0 Å². The number of phenols is 1. The van der Waals surface area contributed by atoms with E-state index in [1.807, 2.05) is 11.8 Å². The third-order valence-electron chi connectivity index (χ3n) is 5.07. The molecule has 2 amide bonds. The monoisotopic (exact) mass is 505 g/mol. The Labute approximate surface area is 194 Å². The summed E-state index contributed by atoms with van der Waals surface area (Å²) in [5.41, 5.74) is 0.538. The van der Waals surface area contributed by atoms with Crippen molar-refractivity contribution in [1.29, 1.82) is 0 Å². The number of thioether (sulfide) groups is 1. The average molecular weight is 505 g/mol. The number of unbranched alkanes of at least 4 members (excludes halogenated alkanes) is 1. The Bertz CT molecular complexity index is 880. The van der Waals surface area contributed by atoms with Crippen LogP contribution >= 0.6 is 19.5 Å². The van der Waals surface area contributed by atoms with Crippen molar-refractivity contribution in [1.82, 2.24) is 15.7 Å². The topological polar surface area (TPSA) is 206 Å². The average Bonchev–Trinajstić information content (AvgIpc) is 3.25. The van der Waals surface area contributed by atoms with E-state index in [2.05, 4.69) is 10.6 Å². The minimum atomic E-state index is -4.60. The summed E-state index contributed by atoms with van der Waals surface area (Å²) in [6.07, 6.45) is 2.78. The van der Waals surface area contributed by atoms with Gasteiger partial charge in [0, 0.05) is 17.4 Å². The number of amides is 2. The van der Waals surface area contributed by atoms with Crippen LogP contribution in [0.1, 0.15) is 31.2 Å². The Morgan fingerprint density at radius 3 is 2.39 bits per heavy atom. The highest BCUT2D eigenvalue weighted by Gasteiger charge is 2.42. The maximum absolute atomic E-state index is 11.1. The fraction of sp³-hybridized carbons (Fsp3) is 0.526. The van der Waals surface area contributed by atoms with Gasteiger partial charge in [0.1, 0.15) is 11.8 Å². The highest BCUT2D eigenvalue weighted by molar-refractivity contribution is 8.00. The maximum Gasteiger partial charge on any atom is 0.401 e. The van der Waals surface area contributed by atoms with Gasteiger partial charge >= 0.3 is 25.7 Å². The predicted octanol–water partition coefficient (Wildman–Crippen LogP) is 0.867. The number of hydrogen-bond donors (Lipinski definition) is 8. The Kier molecular flexibility index (Phi) is 9.99. The molecule has 0 aliphatic carbocycles. The van der Waals surface area contributed by atoms with Gasteiger partial charge in [-0.2, -0.15) is 11.8 Å². The van der Waals surface area contributed by atoms with Gasteiger partial charge in [0.05, 0.1) is 12.1 Å². The molecule has 3 rings (SSSR count). The molecule has 1 aromatic carbocycles. The Morgan fingerprint density at radius 2 is 1.82 bits per heavy atom. The number of hydrogen-bond acceptors (Lipinski definition) is 6. The van der Waals surface area contributed by atoms with Gasteiger partial charge in [0.15, 0.2) is 0 Å². The van der Waals surface area contributed by atoms with Gasteiger partial charge in [-0.3, -0.25) is 9.59 Å². The second kappa shape index (κ2) is 12.2. The van der Waals surface area contributed by atoms with Crippen LogP contribution in [0.15, 0.2) is 24.3 Å². The minimum Gasteiger partial charge on any atom is -0.508 e. The SMILES string of the molecule is O=C(O)C(Cc1ccc(O)cc1)NP(=O)(O)O.O=C(O)CCCC[C@@H]1SC[C@@H]2NC(=O)N[C@@H]21. The lowest BCUT2D eigenvalue weighted by atomic mass is 10.0. The van der Waals surface area contributed by atoms with Crippen molar-refractivity contribution in [3.63, 3.8) is 0 Å². The van der Waals surface area contributed by atoms with Crippen LogP contribution in [0.4, 0.5) is 4.79 Å². The lowest BCUT2D eigenvalue weighted by Crippen LogP contribution is -2.36. The van der Waals surface area contributed by atoms with Gasteiger partial charge in [0.25, 0.3) is 0 Å². The van der Waals surface area contributed by atoms with Crippen molar-refractivity contribution >= 4 is 37.5 Å². The number of aliphatic carboxylic acids is 2. The quantitative estimate of drug-likeness (QED) is 0.127. The van der Waals surface area contributed by atoms with Crippen LogP contribution in [0.2, 0.25) is 0 Å². The van der Waals surface area contributed by atoms with E-state index in [1.165, 1.54) is 24.3 Å². The number of phenolic OH excluding ortho intramolecular Hbond substituents is 1. The predicted molar refractivity (Wildman–Crippen MR) is 120 cm³/mol. The first-order chi connectivity index (χ1) is 15.4. The highest BCUT2D eigenvalue weighted by Crippen LogP contribution is 2.33. The fourth-order valence-corrected chi connectivity index (χ4v) is 5.67. The standard InChI is InChI=1S/C10H16N2O3S.C9H12NO6P/c13-8(14)4-2-1-3-7-9-6(5-16-7)11-10(15)12-9;11-7-3-1-6(2-4-7)5-8(9(12)13)10-17(14,15)16/h6-7,9H,1-5H2,(H,13,14)(H2,11,12,15);1-4,8,11H,5H2,(H,12,13)(H3,10,14,15,16)/t6-,7-,9-;/m0./s1. The molecule has 2 aliphatic heterocycles. The first kappa shape index (κ1) is 26.9. The van der Waals surface area contributed by atoms with Gasteiger partial charge in [-0.15, -0.1) is 0 Å². The van der Waals surface area contributed by atoms with Crippen molar-refractivity contribution in [2.45, 2.75) is 55.5 Å². The molecule has 1 unspecified atom stereocenters. The number of carboxylic acids is 2. The molecular weight excluding hydrogens is 477 g/mol. The second-order valence-corrected chi connectivity index (χ2v) is 10.3. The van der Waals surface area contributed by atoms with Crippen molar-refractivity contribution in [2.24, 2.45) is 0 Å². The molecule has 0 radical (unpaired) electrons. The summed E-state index contributed by atoms with van der Waals surface area (Å²) in [6, 6.07) is 4.74. The summed E-state index contributed by atoms with van der Waals surface area (Å²) < 4.78 is 10.7. The van der Waals surface area contributed by atoms with Crippen molar-refractivity contribution in [3.8, 4) is 5.75 Å². The number of aromatic hydroxyl groups is 1. The second-order valence-electron chi connectivity index (χ2n) is 7.70. The summed E-state index contributed by atoms with van der Waals surface area (Å²) in [4.78, 5) is 49.6. The van der Waals surface area contributed by atoms with E-state index in [0.29, 0.717) is 10.8 Å². The smallest absolute Gasteiger partial charge is 0.401 e. The summed E-state index contributed by atoms with van der Waals surface area (Å²) in [5, 5.41) is 34.3. The van der Waals surface area contributed by atoms with Crippen LogP contribution < -0.4 is 15.7 Å². The van der Waals surface area contributed by atoms with E-state index in [0.717, 1.165) is 25.0 Å². The summed E-state index contributed by atoms with van der Waals surface area (Å²) in [5.74, 6) is -1.09. The normalized spacial score (nSPS) is 22.4. The van der Waals surface area contributed by atoms with Crippen molar-refractivity contribution in [3.05, 3.63) is 29.8 Å². The number of carbonyl (C=O) groups is 3. The molecule has 184 valence electrons. The molecule has 0 bridgehead atoms. The molecule has 1 aromatic rings. The molecule has 14 heteroatoms. The third kappa shape index (κ3) is 9.60. The van der Waals surface area contributed by atoms with Crippen LogP contribution in [-0.4, -0.2) is 72.2 Å². The Morgan fingerprint density at radius 1 is 1.15 bits per heavy atom. The molecule has 0 saturated carbocycles. The van der Waals surface area contributed by atoms with Crippen LogP contribution in [0.25, 0.3) is 0 Å². The number of fused-ring (bicyclic) bond motifs is 1. The number of nitrogens with one attached hydrogen (secondary N) is 3. The van der Waals surface area contributed by atoms with Crippen LogP contribution in [0.5, 0.6) is 5.75 Å². The molecule has 2 heterocycles. The largest absolute Gasteiger partial charge is 0.508 e. The molecule has 12 nitrogen and oxygen atoms in total. The van der Waals surface area contributed by atoms with Gasteiger partial charge < -0.3 is 35.7 Å². The van der Waals surface area contributed by atoms with Crippen LogP contribution in [0.3, 0.4) is 0 Å². The molecule has 8 N–H and O–H groups in total.